The van der Waals surface area contributed by atoms with Crippen LogP contribution in [0.1, 0.15) is 23.6 Å². The Bertz CT molecular complexity index is 1110. The van der Waals surface area contributed by atoms with Gasteiger partial charge in [-0.15, -0.1) is 0 Å². The lowest BCUT2D eigenvalue weighted by Crippen LogP contribution is -2.28. The molecule has 0 aliphatic carbocycles. The van der Waals surface area contributed by atoms with Crippen molar-refractivity contribution in [3.05, 3.63) is 80.5 Å². The highest BCUT2D eigenvalue weighted by molar-refractivity contribution is 5.78. The number of nitrogens with zero attached hydrogens (tertiary/aromatic N) is 3. The number of fused-ring (bicyclic) bond motifs is 1. The molecule has 3 heterocycles. The van der Waals surface area contributed by atoms with Crippen LogP contribution < -0.4 is 11.1 Å². The predicted molar refractivity (Wildman–Crippen MR) is 98.9 cm³/mol. The summed E-state index contributed by atoms with van der Waals surface area (Å²) in [6.45, 7) is 2.60. The van der Waals surface area contributed by atoms with E-state index in [1.807, 2.05) is 24.3 Å². The van der Waals surface area contributed by atoms with E-state index in [9.17, 15) is 9.59 Å². The normalized spacial score (nSPS) is 17.4. The number of aromatic nitrogens is 2. The van der Waals surface area contributed by atoms with Gasteiger partial charge in [-0.2, -0.15) is 5.26 Å². The maximum atomic E-state index is 12.9. The summed E-state index contributed by atoms with van der Waals surface area (Å²) in [5.74, 6) is 0. The van der Waals surface area contributed by atoms with E-state index in [0.29, 0.717) is 10.9 Å². The van der Waals surface area contributed by atoms with E-state index >= 15 is 0 Å². The van der Waals surface area contributed by atoms with Crippen LogP contribution in [0.5, 0.6) is 0 Å². The molecule has 3 aromatic rings. The van der Waals surface area contributed by atoms with Crippen molar-refractivity contribution in [3.63, 3.8) is 0 Å². The fourth-order valence-electron chi connectivity index (χ4n) is 3.61. The van der Waals surface area contributed by atoms with E-state index in [1.165, 1.54) is 11.6 Å². The largest absolute Gasteiger partial charge is 0.321 e. The Kier molecular flexibility index (Phi) is 4.15. The average Bonchev–Trinajstić information content (AvgIpc) is 3.10. The molecule has 0 bridgehead atoms. The third-order valence-electron chi connectivity index (χ3n) is 4.95. The summed E-state index contributed by atoms with van der Waals surface area (Å²) >= 11 is 0. The van der Waals surface area contributed by atoms with Crippen molar-refractivity contribution in [1.82, 2.24) is 14.5 Å². The zero-order valence-corrected chi connectivity index (χ0v) is 14.2. The molecule has 6 nitrogen and oxygen atoms in total. The van der Waals surface area contributed by atoms with Gasteiger partial charge < -0.3 is 9.55 Å². The van der Waals surface area contributed by atoms with Gasteiger partial charge in [0.25, 0.3) is 11.1 Å². The molecular formula is C20H18N4O2. The molecule has 1 aromatic carbocycles. The monoisotopic (exact) mass is 346 g/mol. The zero-order chi connectivity index (χ0) is 18.1. The number of hydrogen-bond acceptors (Lipinski definition) is 4. The van der Waals surface area contributed by atoms with Crippen LogP contribution >= 0.6 is 0 Å². The number of benzene rings is 1. The molecule has 6 heteroatoms. The minimum absolute atomic E-state index is 0.0375. The van der Waals surface area contributed by atoms with Gasteiger partial charge >= 0.3 is 0 Å². The first-order chi connectivity index (χ1) is 12.7. The van der Waals surface area contributed by atoms with Crippen LogP contribution in [-0.4, -0.2) is 27.5 Å². The molecule has 1 aliphatic heterocycles. The summed E-state index contributed by atoms with van der Waals surface area (Å²) in [4.78, 5) is 29.6. The summed E-state index contributed by atoms with van der Waals surface area (Å²) < 4.78 is 1.73. The van der Waals surface area contributed by atoms with E-state index in [1.54, 1.807) is 16.8 Å². The Morgan fingerprint density at radius 3 is 2.77 bits per heavy atom. The Balaban J connectivity index is 1.62. The lowest BCUT2D eigenvalue weighted by Gasteiger charge is -2.17. The molecule has 26 heavy (non-hydrogen) atoms. The number of hydrogen-bond donors (Lipinski definition) is 1. The van der Waals surface area contributed by atoms with Gasteiger partial charge in [0.1, 0.15) is 11.6 Å². The topological polar surface area (TPSA) is 81.9 Å². The fourth-order valence-corrected chi connectivity index (χ4v) is 3.61. The number of pyridine rings is 2. The molecular weight excluding hydrogens is 328 g/mol. The van der Waals surface area contributed by atoms with Crippen molar-refractivity contribution < 1.29 is 0 Å². The molecule has 1 N–H and O–H groups in total. The lowest BCUT2D eigenvalue weighted by molar-refractivity contribution is 0.315. The molecule has 1 fully saturated rings. The maximum absolute atomic E-state index is 12.9. The van der Waals surface area contributed by atoms with E-state index < -0.39 is 5.56 Å². The Hall–Kier alpha value is -3.17. The number of likely N-dealkylation sites (tertiary alicyclic amines) is 1. The van der Waals surface area contributed by atoms with E-state index in [-0.39, 0.29) is 17.2 Å². The van der Waals surface area contributed by atoms with Crippen molar-refractivity contribution >= 4 is 10.9 Å². The van der Waals surface area contributed by atoms with Gasteiger partial charge in [0.15, 0.2) is 0 Å². The van der Waals surface area contributed by atoms with Gasteiger partial charge in [-0.05, 0) is 24.1 Å². The van der Waals surface area contributed by atoms with E-state index in [0.717, 1.165) is 26.1 Å². The second kappa shape index (κ2) is 6.62. The molecule has 0 unspecified atom stereocenters. The Labute approximate surface area is 149 Å². The fraction of sp³-hybridized carbons (Fsp3) is 0.250. The van der Waals surface area contributed by atoms with Crippen molar-refractivity contribution in [2.75, 3.05) is 13.1 Å². The van der Waals surface area contributed by atoms with Crippen LogP contribution in [0.4, 0.5) is 0 Å². The van der Waals surface area contributed by atoms with Crippen LogP contribution in [0, 0.1) is 11.3 Å². The van der Waals surface area contributed by atoms with Crippen LogP contribution in [0.3, 0.4) is 0 Å². The number of H-pyrrole nitrogens is 1. The van der Waals surface area contributed by atoms with Gasteiger partial charge in [0.05, 0.1) is 16.9 Å². The molecule has 1 saturated heterocycles. The second-order valence-electron chi connectivity index (χ2n) is 6.64. The summed E-state index contributed by atoms with van der Waals surface area (Å²) in [7, 11) is 0. The molecule has 2 aromatic heterocycles. The van der Waals surface area contributed by atoms with Crippen molar-refractivity contribution in [3.8, 4) is 6.07 Å². The number of aromatic amines is 1. The predicted octanol–water partition coefficient (Wildman–Crippen LogP) is 2.01. The van der Waals surface area contributed by atoms with Crippen LogP contribution in [0.25, 0.3) is 10.9 Å². The summed E-state index contributed by atoms with van der Waals surface area (Å²) in [6.07, 6.45) is 2.63. The highest BCUT2D eigenvalue weighted by Crippen LogP contribution is 2.22. The molecule has 0 spiro atoms. The first-order valence-corrected chi connectivity index (χ1v) is 8.60. The first-order valence-electron chi connectivity index (χ1n) is 8.60. The van der Waals surface area contributed by atoms with Gasteiger partial charge in [-0.1, -0.05) is 30.3 Å². The summed E-state index contributed by atoms with van der Waals surface area (Å²) in [5, 5.41) is 9.42. The van der Waals surface area contributed by atoms with Gasteiger partial charge in [0.2, 0.25) is 0 Å². The van der Waals surface area contributed by atoms with Crippen LogP contribution in [0.2, 0.25) is 0 Å². The first kappa shape index (κ1) is 16.3. The zero-order valence-electron chi connectivity index (χ0n) is 14.2. The molecule has 0 radical (unpaired) electrons. The average molecular weight is 346 g/mol. The van der Waals surface area contributed by atoms with Gasteiger partial charge in [-0.25, -0.2) is 0 Å². The Morgan fingerprint density at radius 1 is 1.19 bits per heavy atom. The minimum atomic E-state index is -0.466. The molecule has 1 aliphatic rings. The summed E-state index contributed by atoms with van der Waals surface area (Å²) in [5.41, 5.74) is 1.06. The smallest absolute Gasteiger partial charge is 0.266 e. The lowest BCUT2D eigenvalue weighted by atomic mass is 10.2. The molecule has 130 valence electrons. The maximum Gasteiger partial charge on any atom is 0.266 e. The molecule has 0 amide bonds. The molecule has 0 saturated carbocycles. The highest BCUT2D eigenvalue weighted by atomic mass is 16.1. The highest BCUT2D eigenvalue weighted by Gasteiger charge is 2.25. The van der Waals surface area contributed by atoms with Crippen molar-refractivity contribution in [2.24, 2.45) is 0 Å². The standard InChI is InChI=1S/C20H18N4O2/c21-11-15-10-17-18(22-19(15)25)7-9-24(20(17)26)16-6-8-23(13-16)12-14-4-2-1-3-5-14/h1-5,7,9-10,16H,6,8,12-13H2,(H,22,25)/t16-/m0/s1. The van der Waals surface area contributed by atoms with Gasteiger partial charge in [-0.3, -0.25) is 14.5 Å². The van der Waals surface area contributed by atoms with Gasteiger partial charge in [0, 0.05) is 25.8 Å². The van der Waals surface area contributed by atoms with E-state index in [4.69, 9.17) is 5.26 Å². The number of rotatable bonds is 3. The van der Waals surface area contributed by atoms with Crippen molar-refractivity contribution in [1.29, 1.82) is 5.26 Å². The second-order valence-corrected chi connectivity index (χ2v) is 6.64. The SMILES string of the molecule is N#Cc1cc2c(=O)n([C@H]3CCN(Cc4ccccc4)C3)ccc2[nH]c1=O. The van der Waals surface area contributed by atoms with E-state index in [2.05, 4.69) is 22.0 Å². The number of nitrogens with one attached hydrogen (secondary N) is 1. The molecule has 1 atom stereocenters. The van der Waals surface area contributed by atoms with Crippen molar-refractivity contribution in [2.45, 2.75) is 19.0 Å². The minimum Gasteiger partial charge on any atom is -0.321 e. The third-order valence-corrected chi connectivity index (χ3v) is 4.95. The van der Waals surface area contributed by atoms with Crippen LogP contribution in [-0.2, 0) is 6.54 Å². The quantitative estimate of drug-likeness (QED) is 0.786. The number of nitriles is 1. The summed E-state index contributed by atoms with van der Waals surface area (Å²) in [6, 6.07) is 15.3. The van der Waals surface area contributed by atoms with Crippen LogP contribution in [0.15, 0.2) is 58.3 Å². The Morgan fingerprint density at radius 2 is 2.00 bits per heavy atom. The molecule has 4 rings (SSSR count). The third kappa shape index (κ3) is 2.93.